The first-order chi connectivity index (χ1) is 6.36. The van der Waals surface area contributed by atoms with E-state index >= 15 is 0 Å². The molecule has 1 aliphatic carbocycles. The summed E-state index contributed by atoms with van der Waals surface area (Å²) in [5, 5.41) is 0. The van der Waals surface area contributed by atoms with Gasteiger partial charge < -0.3 is 10.6 Å². The number of rotatable bonds is 3. The lowest BCUT2D eigenvalue weighted by molar-refractivity contribution is 0.279. The molecule has 0 aromatic rings. The van der Waals surface area contributed by atoms with Crippen LogP contribution < -0.4 is 5.73 Å². The molecule has 0 amide bonds. The van der Waals surface area contributed by atoms with E-state index in [1.165, 1.54) is 37.4 Å². The highest BCUT2D eigenvalue weighted by Gasteiger charge is 2.29. The molecule has 0 spiro atoms. The van der Waals surface area contributed by atoms with Crippen LogP contribution in [0, 0.1) is 5.92 Å². The van der Waals surface area contributed by atoms with Crippen molar-refractivity contribution < 1.29 is 0 Å². The summed E-state index contributed by atoms with van der Waals surface area (Å²) in [6, 6.07) is 0.452. The van der Waals surface area contributed by atoms with E-state index in [1.807, 2.05) is 21.6 Å². The minimum atomic E-state index is 0.452. The second-order valence-corrected chi connectivity index (χ2v) is 6.65. The van der Waals surface area contributed by atoms with Gasteiger partial charge in [0.25, 0.3) is 0 Å². The van der Waals surface area contributed by atoms with E-state index in [0.717, 1.165) is 12.5 Å². The molecule has 1 saturated carbocycles. The smallest absolute Gasteiger partial charge is 0.0196 e. The van der Waals surface area contributed by atoms with Crippen LogP contribution in [-0.4, -0.2) is 42.1 Å². The Bertz CT molecular complexity index is 154. The number of nitrogens with zero attached hydrogens (tertiary/aromatic N) is 1. The van der Waals surface area contributed by atoms with E-state index in [2.05, 4.69) is 4.90 Å². The molecule has 2 N–H and O–H groups in total. The van der Waals surface area contributed by atoms with Crippen LogP contribution in [0.5, 0.6) is 0 Å². The predicted octanol–water partition coefficient (Wildman–Crippen LogP) is 1.42. The largest absolute Gasteiger partial charge is 0.326 e. The Morgan fingerprint density at radius 3 is 2.38 bits per heavy atom. The first kappa shape index (κ1) is 10.1. The van der Waals surface area contributed by atoms with Crippen molar-refractivity contribution in [1.29, 1.82) is 0 Å². The number of hydrogen-bond donors (Lipinski definition) is 1. The van der Waals surface area contributed by atoms with Crippen LogP contribution in [0.25, 0.3) is 0 Å². The average molecular weight is 218 g/mol. The zero-order valence-corrected chi connectivity index (χ0v) is 9.58. The third-order valence-electron chi connectivity index (χ3n) is 2.76. The van der Waals surface area contributed by atoms with Gasteiger partial charge in [0.15, 0.2) is 0 Å². The lowest BCUT2D eigenvalue weighted by Gasteiger charge is -2.22. The van der Waals surface area contributed by atoms with Gasteiger partial charge in [0.1, 0.15) is 0 Å². The van der Waals surface area contributed by atoms with E-state index in [4.69, 9.17) is 5.73 Å². The molecule has 2 nitrogen and oxygen atoms in total. The van der Waals surface area contributed by atoms with E-state index in [-0.39, 0.29) is 0 Å². The lowest BCUT2D eigenvalue weighted by atomic mass is 10.2. The molecule has 4 heteroatoms. The molecule has 1 saturated heterocycles. The third kappa shape index (κ3) is 3.35. The van der Waals surface area contributed by atoms with Gasteiger partial charge in [0.05, 0.1) is 0 Å². The van der Waals surface area contributed by atoms with E-state index in [1.54, 1.807) is 0 Å². The molecule has 1 heterocycles. The Morgan fingerprint density at radius 1 is 1.23 bits per heavy atom. The van der Waals surface area contributed by atoms with Gasteiger partial charge in [-0.3, -0.25) is 0 Å². The summed E-state index contributed by atoms with van der Waals surface area (Å²) >= 11 is 0. The normalized spacial score (nSPS) is 28.4. The minimum absolute atomic E-state index is 0.452. The lowest BCUT2D eigenvalue weighted by Crippen LogP contribution is -2.40. The molecule has 2 rings (SSSR count). The van der Waals surface area contributed by atoms with E-state index in [9.17, 15) is 0 Å². The Hall–Kier alpha value is 0.620. The van der Waals surface area contributed by atoms with E-state index < -0.39 is 0 Å². The van der Waals surface area contributed by atoms with Crippen molar-refractivity contribution in [2.75, 3.05) is 31.1 Å². The summed E-state index contributed by atoms with van der Waals surface area (Å²) in [5.74, 6) is 3.38. The first-order valence-corrected chi connectivity index (χ1v) is 7.57. The Kier molecular flexibility index (Phi) is 3.84. The van der Waals surface area contributed by atoms with Crippen LogP contribution >= 0.6 is 21.6 Å². The molecule has 2 aliphatic rings. The van der Waals surface area contributed by atoms with Gasteiger partial charge in [-0.1, -0.05) is 21.6 Å². The minimum Gasteiger partial charge on any atom is -0.326 e. The maximum atomic E-state index is 6.11. The Balaban J connectivity index is 1.71. The van der Waals surface area contributed by atoms with Crippen LogP contribution in [0.1, 0.15) is 12.8 Å². The summed E-state index contributed by atoms with van der Waals surface area (Å²) < 4.78 is 0. The molecule has 1 atom stereocenters. The van der Waals surface area contributed by atoms with Crippen molar-refractivity contribution in [3.8, 4) is 0 Å². The van der Waals surface area contributed by atoms with Crippen LogP contribution in [0.4, 0.5) is 0 Å². The van der Waals surface area contributed by atoms with Crippen LogP contribution in [-0.2, 0) is 0 Å². The molecular formula is C9H18N2S2. The maximum absolute atomic E-state index is 6.11. The summed E-state index contributed by atoms with van der Waals surface area (Å²) in [4.78, 5) is 2.54. The zero-order valence-electron chi connectivity index (χ0n) is 7.95. The summed E-state index contributed by atoms with van der Waals surface area (Å²) in [7, 11) is 4.01. The molecular weight excluding hydrogens is 200 g/mol. The fourth-order valence-electron chi connectivity index (χ4n) is 1.72. The molecule has 1 unspecified atom stereocenters. The van der Waals surface area contributed by atoms with Gasteiger partial charge in [-0.2, -0.15) is 0 Å². The second kappa shape index (κ2) is 4.91. The van der Waals surface area contributed by atoms with Crippen LogP contribution in [0.15, 0.2) is 0 Å². The highest BCUT2D eigenvalue weighted by molar-refractivity contribution is 8.76. The van der Waals surface area contributed by atoms with Crippen LogP contribution in [0.3, 0.4) is 0 Å². The van der Waals surface area contributed by atoms with Crippen molar-refractivity contribution in [3.05, 3.63) is 0 Å². The van der Waals surface area contributed by atoms with Gasteiger partial charge in [-0.25, -0.2) is 0 Å². The number of nitrogens with two attached hydrogens (primary N) is 1. The summed E-state index contributed by atoms with van der Waals surface area (Å²) in [6.07, 6.45) is 2.75. The SMILES string of the molecule is NC(CN1CCSSCC1)C1CC1. The summed E-state index contributed by atoms with van der Waals surface area (Å²) in [5.41, 5.74) is 6.11. The second-order valence-electron chi connectivity index (χ2n) is 3.95. The first-order valence-electron chi connectivity index (χ1n) is 5.08. The Labute approximate surface area is 88.4 Å². The van der Waals surface area contributed by atoms with Crippen LogP contribution in [0.2, 0.25) is 0 Å². The predicted molar refractivity (Wildman–Crippen MR) is 62.1 cm³/mol. The summed E-state index contributed by atoms with van der Waals surface area (Å²) in [6.45, 7) is 3.60. The highest BCUT2D eigenvalue weighted by atomic mass is 33.1. The fraction of sp³-hybridized carbons (Fsp3) is 1.00. The van der Waals surface area contributed by atoms with Crippen molar-refractivity contribution in [1.82, 2.24) is 4.90 Å². The molecule has 1 aliphatic heterocycles. The van der Waals surface area contributed by atoms with Gasteiger partial charge in [-0.05, 0) is 18.8 Å². The van der Waals surface area contributed by atoms with Gasteiger partial charge in [0.2, 0.25) is 0 Å². The highest BCUT2D eigenvalue weighted by Crippen LogP contribution is 2.32. The van der Waals surface area contributed by atoms with Gasteiger partial charge in [0, 0.05) is 37.2 Å². The number of hydrogen-bond acceptors (Lipinski definition) is 4. The molecule has 0 radical (unpaired) electrons. The third-order valence-corrected chi connectivity index (χ3v) is 5.13. The van der Waals surface area contributed by atoms with Crippen molar-refractivity contribution in [2.24, 2.45) is 11.7 Å². The van der Waals surface area contributed by atoms with Crippen molar-refractivity contribution >= 4 is 21.6 Å². The van der Waals surface area contributed by atoms with Crippen molar-refractivity contribution in [2.45, 2.75) is 18.9 Å². The Morgan fingerprint density at radius 2 is 1.85 bits per heavy atom. The molecule has 76 valence electrons. The van der Waals surface area contributed by atoms with Crippen molar-refractivity contribution in [3.63, 3.8) is 0 Å². The average Bonchev–Trinajstić information content (AvgIpc) is 2.92. The maximum Gasteiger partial charge on any atom is 0.0196 e. The molecule has 0 bridgehead atoms. The monoisotopic (exact) mass is 218 g/mol. The van der Waals surface area contributed by atoms with Gasteiger partial charge >= 0.3 is 0 Å². The molecule has 0 aromatic carbocycles. The molecule has 13 heavy (non-hydrogen) atoms. The quantitative estimate of drug-likeness (QED) is 0.726. The standard InChI is InChI=1S/C9H18N2S2/c10-9(8-1-2-8)7-11-3-5-12-13-6-4-11/h8-9H,1-7,10H2. The van der Waals surface area contributed by atoms with Gasteiger partial charge in [-0.15, -0.1) is 0 Å². The topological polar surface area (TPSA) is 29.3 Å². The molecule has 2 fully saturated rings. The molecule has 0 aromatic heterocycles. The fourth-order valence-corrected chi connectivity index (χ4v) is 3.77. The zero-order chi connectivity index (χ0) is 9.10. The van der Waals surface area contributed by atoms with E-state index in [0.29, 0.717) is 6.04 Å².